The lowest BCUT2D eigenvalue weighted by molar-refractivity contribution is 0.0992. The smallest absolute Gasteiger partial charge is 0.268 e. The van der Waals surface area contributed by atoms with E-state index in [1.54, 1.807) is 18.2 Å². The minimum absolute atomic E-state index is 0.0256. The fourth-order valence-electron chi connectivity index (χ4n) is 2.63. The van der Waals surface area contributed by atoms with Crippen LogP contribution in [0, 0.1) is 18.3 Å². The van der Waals surface area contributed by atoms with Gasteiger partial charge in [-0.2, -0.15) is 5.26 Å². The van der Waals surface area contributed by atoms with Crippen molar-refractivity contribution in [2.75, 3.05) is 0 Å². The number of aryl methyl sites for hydroxylation is 1. The Hall–Kier alpha value is -2.33. The largest absolute Gasteiger partial charge is 0.291 e. The molecule has 132 valence electrons. The van der Waals surface area contributed by atoms with Crippen molar-refractivity contribution in [1.29, 1.82) is 5.26 Å². The van der Waals surface area contributed by atoms with Crippen molar-refractivity contribution in [2.45, 2.75) is 18.2 Å². The number of rotatable bonds is 4. The highest BCUT2D eigenvalue weighted by atomic mass is 35.5. The first-order chi connectivity index (χ1) is 12.3. The number of carbonyl (C=O) groups excluding carboxylic acids is 1. The van der Waals surface area contributed by atoms with Gasteiger partial charge in [-0.25, -0.2) is 12.4 Å². The predicted molar refractivity (Wildman–Crippen MR) is 100 cm³/mol. The molecule has 0 aliphatic carbocycles. The lowest BCUT2D eigenvalue weighted by Crippen LogP contribution is -2.18. The van der Waals surface area contributed by atoms with E-state index in [4.69, 9.17) is 28.5 Å². The number of ketones is 1. The van der Waals surface area contributed by atoms with Crippen molar-refractivity contribution in [1.82, 2.24) is 3.97 Å². The molecule has 0 aliphatic heterocycles. The van der Waals surface area contributed by atoms with E-state index in [1.807, 2.05) is 6.92 Å². The van der Waals surface area contributed by atoms with Crippen molar-refractivity contribution in [3.8, 4) is 6.07 Å². The number of Topliss-reactive ketones (excluding diaryl/α,β-unsaturated/α-hetero) is 1. The van der Waals surface area contributed by atoms with Crippen LogP contribution in [0.3, 0.4) is 0 Å². The van der Waals surface area contributed by atoms with Gasteiger partial charge in [-0.05, 0) is 37.3 Å². The Morgan fingerprint density at radius 1 is 1.15 bits per heavy atom. The van der Waals surface area contributed by atoms with E-state index in [2.05, 4.69) is 0 Å². The first-order valence-electron chi connectivity index (χ1n) is 7.49. The zero-order valence-electron chi connectivity index (χ0n) is 13.5. The number of nitriles is 1. The summed E-state index contributed by atoms with van der Waals surface area (Å²) in [4.78, 5) is 12.4. The quantitative estimate of drug-likeness (QED) is 0.593. The zero-order valence-corrected chi connectivity index (χ0v) is 15.9. The van der Waals surface area contributed by atoms with Gasteiger partial charge >= 0.3 is 0 Å². The van der Waals surface area contributed by atoms with Gasteiger partial charge in [-0.1, -0.05) is 40.9 Å². The first-order valence-corrected chi connectivity index (χ1v) is 9.69. The Balaban J connectivity index is 2.38. The molecular formula is C18H12Cl2N2O3S. The summed E-state index contributed by atoms with van der Waals surface area (Å²) in [6.45, 7) is 1.84. The van der Waals surface area contributed by atoms with Gasteiger partial charge in [0.1, 0.15) is 12.1 Å². The molecule has 0 amide bonds. The molecule has 1 heterocycles. The van der Waals surface area contributed by atoms with Crippen LogP contribution in [-0.4, -0.2) is 18.2 Å². The molecule has 3 aromatic rings. The molecule has 0 radical (unpaired) electrons. The summed E-state index contributed by atoms with van der Waals surface area (Å²) in [7, 11) is -4.08. The lowest BCUT2D eigenvalue weighted by atomic mass is 10.2. The maximum Gasteiger partial charge on any atom is 0.268 e. The van der Waals surface area contributed by atoms with Crippen LogP contribution >= 0.6 is 23.2 Å². The van der Waals surface area contributed by atoms with Crippen LogP contribution in [0.15, 0.2) is 47.4 Å². The molecule has 0 saturated carbocycles. The Labute approximate surface area is 160 Å². The predicted octanol–water partition coefficient (Wildman–Crippen LogP) is 4.59. The Morgan fingerprint density at radius 2 is 1.81 bits per heavy atom. The van der Waals surface area contributed by atoms with Gasteiger partial charge in [-0.3, -0.25) is 4.79 Å². The molecule has 8 heteroatoms. The second-order valence-corrected chi connectivity index (χ2v) is 8.24. The summed E-state index contributed by atoms with van der Waals surface area (Å²) in [5.41, 5.74) is 0.990. The molecule has 3 rings (SSSR count). The molecule has 26 heavy (non-hydrogen) atoms. The van der Waals surface area contributed by atoms with Gasteiger partial charge in [0.25, 0.3) is 10.0 Å². The number of carbonyl (C=O) groups is 1. The maximum absolute atomic E-state index is 13.2. The summed E-state index contributed by atoms with van der Waals surface area (Å²) in [5, 5.41) is 9.55. The van der Waals surface area contributed by atoms with Gasteiger partial charge < -0.3 is 0 Å². The van der Waals surface area contributed by atoms with Crippen LogP contribution in [0.4, 0.5) is 0 Å². The summed E-state index contributed by atoms with van der Waals surface area (Å²) >= 11 is 12.2. The number of aromatic nitrogens is 1. The summed E-state index contributed by atoms with van der Waals surface area (Å²) in [6, 6.07) is 12.3. The Kier molecular flexibility index (Phi) is 4.80. The third-order valence-corrected chi connectivity index (χ3v) is 6.47. The number of halogens is 2. The average Bonchev–Trinajstić information content (AvgIpc) is 3.00. The molecule has 1 aromatic heterocycles. The van der Waals surface area contributed by atoms with E-state index in [9.17, 15) is 13.2 Å². The fourth-order valence-corrected chi connectivity index (χ4v) is 4.53. The highest BCUT2D eigenvalue weighted by Gasteiger charge is 2.27. The van der Waals surface area contributed by atoms with Crippen LogP contribution < -0.4 is 0 Å². The van der Waals surface area contributed by atoms with Gasteiger partial charge in [-0.15, -0.1) is 0 Å². The van der Waals surface area contributed by atoms with Crippen LogP contribution in [0.1, 0.15) is 22.5 Å². The molecule has 0 fully saturated rings. The maximum atomic E-state index is 13.2. The molecule has 5 nitrogen and oxygen atoms in total. The van der Waals surface area contributed by atoms with Crippen molar-refractivity contribution < 1.29 is 13.2 Å². The van der Waals surface area contributed by atoms with E-state index in [0.717, 1.165) is 9.54 Å². The highest BCUT2D eigenvalue weighted by Crippen LogP contribution is 2.35. The lowest BCUT2D eigenvalue weighted by Gasteiger charge is -2.11. The van der Waals surface area contributed by atoms with Crippen LogP contribution in [0.5, 0.6) is 0 Å². The Morgan fingerprint density at radius 3 is 2.42 bits per heavy atom. The molecule has 0 spiro atoms. The van der Waals surface area contributed by atoms with Crippen molar-refractivity contribution in [3.05, 3.63) is 63.8 Å². The van der Waals surface area contributed by atoms with Crippen LogP contribution in [-0.2, 0) is 10.0 Å². The third kappa shape index (κ3) is 2.99. The molecule has 0 unspecified atom stereocenters. The number of fused-ring (bicyclic) bond motifs is 1. The van der Waals surface area contributed by atoms with Gasteiger partial charge in [0.05, 0.1) is 26.5 Å². The first kappa shape index (κ1) is 18.5. The fraction of sp³-hybridized carbons (Fsp3) is 0.111. The zero-order chi connectivity index (χ0) is 19.1. The topological polar surface area (TPSA) is 79.9 Å². The summed E-state index contributed by atoms with van der Waals surface area (Å²) < 4.78 is 27.3. The third-order valence-electron chi connectivity index (χ3n) is 3.91. The van der Waals surface area contributed by atoms with Gasteiger partial charge in [0, 0.05) is 5.39 Å². The average molecular weight is 407 g/mol. The van der Waals surface area contributed by atoms with Crippen LogP contribution in [0.25, 0.3) is 10.9 Å². The molecule has 0 N–H and O–H groups in total. The van der Waals surface area contributed by atoms with E-state index in [-0.39, 0.29) is 26.2 Å². The highest BCUT2D eigenvalue weighted by molar-refractivity contribution is 7.90. The molecule has 0 bridgehead atoms. The van der Waals surface area contributed by atoms with E-state index >= 15 is 0 Å². The van der Waals surface area contributed by atoms with E-state index < -0.39 is 22.2 Å². The summed E-state index contributed by atoms with van der Waals surface area (Å²) in [6.07, 6.45) is -0.453. The SMILES string of the molecule is Cc1ccc(S(=O)(=O)n2c(C(=O)CC#N)cc3c(Cl)c(Cl)ccc32)cc1. The van der Waals surface area contributed by atoms with Crippen molar-refractivity contribution in [3.63, 3.8) is 0 Å². The number of hydrogen-bond donors (Lipinski definition) is 0. The van der Waals surface area contributed by atoms with Crippen molar-refractivity contribution in [2.24, 2.45) is 0 Å². The number of benzene rings is 2. The standard InChI is InChI=1S/C18H12Cl2N2O3S/c1-11-2-4-12(5-3-11)26(24,25)22-15-7-6-14(19)18(20)13(15)10-16(22)17(23)8-9-21/h2-7,10H,8H2,1H3. The molecular weight excluding hydrogens is 395 g/mol. The molecule has 0 saturated heterocycles. The Bertz CT molecular complexity index is 1170. The molecule has 2 aromatic carbocycles. The molecule has 0 atom stereocenters. The van der Waals surface area contributed by atoms with Crippen LogP contribution in [0.2, 0.25) is 10.0 Å². The minimum Gasteiger partial charge on any atom is -0.291 e. The van der Waals surface area contributed by atoms with E-state index in [1.165, 1.54) is 30.3 Å². The normalized spacial score (nSPS) is 11.5. The monoisotopic (exact) mass is 406 g/mol. The number of hydrogen-bond acceptors (Lipinski definition) is 4. The number of nitrogens with zero attached hydrogens (tertiary/aromatic N) is 2. The second-order valence-electron chi connectivity index (χ2n) is 5.66. The second kappa shape index (κ2) is 6.76. The summed E-state index contributed by atoms with van der Waals surface area (Å²) in [5.74, 6) is -0.619. The molecule has 0 aliphatic rings. The van der Waals surface area contributed by atoms with Crippen molar-refractivity contribution >= 4 is 49.9 Å². The minimum atomic E-state index is -4.08. The van der Waals surface area contributed by atoms with Gasteiger partial charge in [0.15, 0.2) is 5.78 Å². The van der Waals surface area contributed by atoms with Gasteiger partial charge in [0.2, 0.25) is 0 Å². The van der Waals surface area contributed by atoms with E-state index in [0.29, 0.717) is 5.39 Å².